The average Bonchev–Trinajstić information content (AvgIpc) is 2.68. The molecule has 25 heavy (non-hydrogen) atoms. The Morgan fingerprint density at radius 1 is 1.16 bits per heavy atom. The molecule has 1 amide bonds. The van der Waals surface area contributed by atoms with Crippen LogP contribution in [-0.2, 0) is 11.3 Å². The summed E-state index contributed by atoms with van der Waals surface area (Å²) in [5, 5.41) is 2.95. The van der Waals surface area contributed by atoms with Crippen molar-refractivity contribution in [2.24, 2.45) is 0 Å². The number of benzene rings is 1. The van der Waals surface area contributed by atoms with Crippen molar-refractivity contribution in [2.75, 3.05) is 44.7 Å². The van der Waals surface area contributed by atoms with E-state index in [4.69, 9.17) is 4.74 Å². The molecule has 1 aliphatic rings. The van der Waals surface area contributed by atoms with Gasteiger partial charge in [-0.05, 0) is 35.9 Å². The summed E-state index contributed by atoms with van der Waals surface area (Å²) >= 11 is 0. The minimum Gasteiger partial charge on any atom is -0.497 e. The number of nitrogens with one attached hydrogen (secondary N) is 1. The lowest BCUT2D eigenvalue weighted by Gasteiger charge is -2.35. The number of hydrogen-bond donors (Lipinski definition) is 1. The van der Waals surface area contributed by atoms with Crippen molar-refractivity contribution >= 4 is 11.6 Å². The van der Waals surface area contributed by atoms with Crippen molar-refractivity contribution in [3.8, 4) is 5.75 Å². The topological polar surface area (TPSA) is 57.7 Å². The Kier molecular flexibility index (Phi) is 5.85. The number of pyridine rings is 1. The second-order valence-corrected chi connectivity index (χ2v) is 6.10. The molecular formula is C19H24N4O2. The van der Waals surface area contributed by atoms with Gasteiger partial charge < -0.3 is 15.0 Å². The maximum absolute atomic E-state index is 12.1. The molecule has 0 radical (unpaired) electrons. The number of aromatic nitrogens is 1. The van der Waals surface area contributed by atoms with Gasteiger partial charge in [-0.25, -0.2) is 0 Å². The van der Waals surface area contributed by atoms with E-state index in [9.17, 15) is 4.79 Å². The molecular weight excluding hydrogens is 316 g/mol. The molecule has 2 heterocycles. The maximum atomic E-state index is 12.1. The van der Waals surface area contributed by atoms with Crippen LogP contribution in [0.5, 0.6) is 5.75 Å². The molecule has 6 heteroatoms. The highest BCUT2D eigenvalue weighted by Crippen LogP contribution is 2.20. The van der Waals surface area contributed by atoms with Gasteiger partial charge in [0.25, 0.3) is 0 Å². The van der Waals surface area contributed by atoms with Crippen LogP contribution in [-0.4, -0.2) is 55.6 Å². The van der Waals surface area contributed by atoms with Gasteiger partial charge >= 0.3 is 0 Å². The second-order valence-electron chi connectivity index (χ2n) is 6.10. The second kappa shape index (κ2) is 8.48. The number of carbonyl (C=O) groups is 1. The number of piperazine rings is 1. The fourth-order valence-corrected chi connectivity index (χ4v) is 2.92. The zero-order valence-corrected chi connectivity index (χ0v) is 14.5. The van der Waals surface area contributed by atoms with E-state index in [1.807, 2.05) is 24.3 Å². The summed E-state index contributed by atoms with van der Waals surface area (Å²) < 4.78 is 5.20. The Bertz CT molecular complexity index is 668. The van der Waals surface area contributed by atoms with Crippen molar-refractivity contribution in [3.63, 3.8) is 0 Å². The molecule has 0 unspecified atom stereocenters. The van der Waals surface area contributed by atoms with Crippen LogP contribution < -0.4 is 15.0 Å². The molecule has 3 rings (SSSR count). The van der Waals surface area contributed by atoms with E-state index in [2.05, 4.69) is 32.2 Å². The van der Waals surface area contributed by atoms with Crippen LogP contribution in [0.1, 0.15) is 5.56 Å². The van der Waals surface area contributed by atoms with E-state index >= 15 is 0 Å². The summed E-state index contributed by atoms with van der Waals surface area (Å²) in [6.07, 6.45) is 3.50. The van der Waals surface area contributed by atoms with Crippen molar-refractivity contribution in [3.05, 3.63) is 54.4 Å². The fourth-order valence-electron chi connectivity index (χ4n) is 2.92. The summed E-state index contributed by atoms with van der Waals surface area (Å²) in [6.45, 7) is 4.57. The quantitative estimate of drug-likeness (QED) is 0.864. The molecule has 1 aliphatic heterocycles. The number of anilines is 1. The van der Waals surface area contributed by atoms with Gasteiger partial charge in [0.05, 0.1) is 13.7 Å². The largest absolute Gasteiger partial charge is 0.497 e. The van der Waals surface area contributed by atoms with Gasteiger partial charge in [0.15, 0.2) is 0 Å². The number of methoxy groups -OCH3 is 1. The van der Waals surface area contributed by atoms with Gasteiger partial charge in [-0.1, -0.05) is 6.07 Å². The molecule has 132 valence electrons. The van der Waals surface area contributed by atoms with Crippen LogP contribution >= 0.6 is 0 Å². The third-order valence-corrected chi connectivity index (χ3v) is 4.39. The summed E-state index contributed by atoms with van der Waals surface area (Å²) in [7, 11) is 1.67. The van der Waals surface area contributed by atoms with E-state index in [-0.39, 0.29) is 5.91 Å². The zero-order chi connectivity index (χ0) is 17.5. The number of amides is 1. The van der Waals surface area contributed by atoms with Crippen molar-refractivity contribution in [1.82, 2.24) is 15.2 Å². The van der Waals surface area contributed by atoms with Crippen molar-refractivity contribution in [1.29, 1.82) is 0 Å². The smallest absolute Gasteiger partial charge is 0.234 e. The minimum atomic E-state index is 0.0572. The third-order valence-electron chi connectivity index (χ3n) is 4.39. The van der Waals surface area contributed by atoms with Crippen LogP contribution in [0.15, 0.2) is 48.8 Å². The maximum Gasteiger partial charge on any atom is 0.234 e. The standard InChI is InChI=1S/C19H24N4O2/c1-25-18-6-4-17(5-7-18)23-11-9-22(10-12-23)15-19(24)21-14-16-3-2-8-20-13-16/h2-8,13H,9-12,14-15H2,1H3,(H,21,24). The monoisotopic (exact) mass is 340 g/mol. The van der Waals surface area contributed by atoms with E-state index < -0.39 is 0 Å². The molecule has 0 saturated carbocycles. The minimum absolute atomic E-state index is 0.0572. The first-order chi connectivity index (χ1) is 12.2. The molecule has 0 bridgehead atoms. The van der Waals surface area contributed by atoms with E-state index in [0.717, 1.165) is 37.5 Å². The van der Waals surface area contributed by atoms with E-state index in [0.29, 0.717) is 13.1 Å². The summed E-state index contributed by atoms with van der Waals surface area (Å²) in [6, 6.07) is 12.0. The Hall–Kier alpha value is -2.60. The molecule has 1 aromatic carbocycles. The Labute approximate surface area is 148 Å². The Morgan fingerprint density at radius 2 is 1.92 bits per heavy atom. The number of hydrogen-bond acceptors (Lipinski definition) is 5. The van der Waals surface area contributed by atoms with Gasteiger partial charge in [-0.3, -0.25) is 14.7 Å². The first-order valence-corrected chi connectivity index (χ1v) is 8.51. The lowest BCUT2D eigenvalue weighted by molar-refractivity contribution is -0.122. The van der Waals surface area contributed by atoms with E-state index in [1.54, 1.807) is 19.5 Å². The number of rotatable bonds is 6. The van der Waals surface area contributed by atoms with Gasteiger partial charge in [0, 0.05) is 50.8 Å². The molecule has 1 N–H and O–H groups in total. The Morgan fingerprint density at radius 3 is 2.56 bits per heavy atom. The first-order valence-electron chi connectivity index (χ1n) is 8.51. The average molecular weight is 340 g/mol. The molecule has 1 saturated heterocycles. The lowest BCUT2D eigenvalue weighted by atomic mass is 10.2. The normalized spacial score (nSPS) is 15.0. The van der Waals surface area contributed by atoms with Gasteiger partial charge in [0.1, 0.15) is 5.75 Å². The molecule has 0 spiro atoms. The van der Waals surface area contributed by atoms with Crippen LogP contribution in [0.3, 0.4) is 0 Å². The summed E-state index contributed by atoms with van der Waals surface area (Å²) in [4.78, 5) is 20.7. The van der Waals surface area contributed by atoms with Gasteiger partial charge in [-0.15, -0.1) is 0 Å². The highest BCUT2D eigenvalue weighted by Gasteiger charge is 2.19. The van der Waals surface area contributed by atoms with Crippen LogP contribution in [0.4, 0.5) is 5.69 Å². The predicted molar refractivity (Wildman–Crippen MR) is 97.7 cm³/mol. The summed E-state index contributed by atoms with van der Waals surface area (Å²) in [5.74, 6) is 0.925. The fraction of sp³-hybridized carbons (Fsp3) is 0.368. The number of nitrogens with zero attached hydrogens (tertiary/aromatic N) is 3. The third kappa shape index (κ3) is 4.93. The van der Waals surface area contributed by atoms with Crippen LogP contribution in [0.2, 0.25) is 0 Å². The molecule has 2 aromatic rings. The molecule has 1 fully saturated rings. The number of ether oxygens (including phenoxy) is 1. The predicted octanol–water partition coefficient (Wildman–Crippen LogP) is 1.53. The molecule has 1 aromatic heterocycles. The molecule has 6 nitrogen and oxygen atoms in total. The van der Waals surface area contributed by atoms with E-state index in [1.165, 1.54) is 5.69 Å². The van der Waals surface area contributed by atoms with Crippen molar-refractivity contribution in [2.45, 2.75) is 6.54 Å². The Balaban J connectivity index is 1.41. The summed E-state index contributed by atoms with van der Waals surface area (Å²) in [5.41, 5.74) is 2.21. The van der Waals surface area contributed by atoms with Crippen LogP contribution in [0.25, 0.3) is 0 Å². The number of carbonyl (C=O) groups excluding carboxylic acids is 1. The van der Waals surface area contributed by atoms with Gasteiger partial charge in [-0.2, -0.15) is 0 Å². The highest BCUT2D eigenvalue weighted by molar-refractivity contribution is 5.78. The van der Waals surface area contributed by atoms with Crippen LogP contribution in [0, 0.1) is 0 Å². The first kappa shape index (κ1) is 17.2. The zero-order valence-electron chi connectivity index (χ0n) is 14.5. The van der Waals surface area contributed by atoms with Crippen molar-refractivity contribution < 1.29 is 9.53 Å². The SMILES string of the molecule is COc1ccc(N2CCN(CC(=O)NCc3cccnc3)CC2)cc1. The molecule has 0 atom stereocenters. The van der Waals surface area contributed by atoms with Gasteiger partial charge in [0.2, 0.25) is 5.91 Å². The lowest BCUT2D eigenvalue weighted by Crippen LogP contribution is -2.49. The highest BCUT2D eigenvalue weighted by atomic mass is 16.5. The molecule has 0 aliphatic carbocycles.